The van der Waals surface area contributed by atoms with E-state index in [0.29, 0.717) is 11.5 Å². The Morgan fingerprint density at radius 2 is 2.09 bits per heavy atom. The quantitative estimate of drug-likeness (QED) is 0.647. The van der Waals surface area contributed by atoms with Gasteiger partial charge in [0.25, 0.3) is 5.91 Å². The third-order valence-corrected chi connectivity index (χ3v) is 3.32. The van der Waals surface area contributed by atoms with Crippen molar-refractivity contribution in [2.24, 2.45) is 0 Å². The van der Waals surface area contributed by atoms with Crippen LogP contribution in [0.25, 0.3) is 0 Å². The molecule has 0 fully saturated rings. The molecule has 0 saturated carbocycles. The molecule has 0 saturated heterocycles. The van der Waals surface area contributed by atoms with E-state index in [1.165, 1.54) is 6.20 Å². The van der Waals surface area contributed by atoms with E-state index in [-0.39, 0.29) is 5.57 Å². The molecule has 2 aromatic rings. The number of nitriles is 1. The highest BCUT2D eigenvalue weighted by Gasteiger charge is 2.10. The molecule has 1 heterocycles. The summed E-state index contributed by atoms with van der Waals surface area (Å²) in [5.41, 5.74) is 1.57. The van der Waals surface area contributed by atoms with Crippen LogP contribution in [0.5, 0.6) is 0 Å². The number of carbonyl (C=O) groups is 1. The van der Waals surface area contributed by atoms with Crippen LogP contribution in [0.1, 0.15) is 5.56 Å². The largest absolute Gasteiger partial charge is 0.345 e. The lowest BCUT2D eigenvalue weighted by Gasteiger charge is -2.07. The fourth-order valence-electron chi connectivity index (χ4n) is 1.66. The standard InChI is InChI=1S/C16H13BrN4O/c1-11-4-2-3-5-14(11)21-16(22)12(8-18)9-19-15-7-6-13(17)10-20-15/h2-7,9-10H,1H3,(H,19,20)(H,21,22)/b12-9-. The molecule has 0 atom stereocenters. The summed E-state index contributed by atoms with van der Waals surface area (Å²) < 4.78 is 0.847. The van der Waals surface area contributed by atoms with Gasteiger partial charge in [0.2, 0.25) is 0 Å². The van der Waals surface area contributed by atoms with Crippen molar-refractivity contribution in [1.82, 2.24) is 4.98 Å². The van der Waals surface area contributed by atoms with Gasteiger partial charge in [-0.1, -0.05) is 18.2 Å². The Bertz CT molecular complexity index is 747. The Morgan fingerprint density at radius 3 is 2.73 bits per heavy atom. The Balaban J connectivity index is 2.09. The van der Waals surface area contributed by atoms with Crippen molar-refractivity contribution < 1.29 is 4.79 Å². The summed E-state index contributed by atoms with van der Waals surface area (Å²) in [5, 5.41) is 14.7. The van der Waals surface area contributed by atoms with Crippen LogP contribution in [-0.4, -0.2) is 10.9 Å². The highest BCUT2D eigenvalue weighted by molar-refractivity contribution is 9.10. The van der Waals surface area contributed by atoms with E-state index >= 15 is 0 Å². The van der Waals surface area contributed by atoms with E-state index in [1.807, 2.05) is 37.3 Å². The molecule has 110 valence electrons. The van der Waals surface area contributed by atoms with E-state index in [9.17, 15) is 4.79 Å². The van der Waals surface area contributed by atoms with E-state index < -0.39 is 5.91 Å². The summed E-state index contributed by atoms with van der Waals surface area (Å²) in [6.07, 6.45) is 2.96. The predicted molar refractivity (Wildman–Crippen MR) is 89.1 cm³/mol. The van der Waals surface area contributed by atoms with Crippen molar-refractivity contribution in [3.05, 3.63) is 64.4 Å². The van der Waals surface area contributed by atoms with Gasteiger partial charge in [-0.05, 0) is 46.6 Å². The molecule has 1 amide bonds. The van der Waals surface area contributed by atoms with Crippen LogP contribution in [0, 0.1) is 18.3 Å². The number of carbonyl (C=O) groups excluding carboxylic acids is 1. The van der Waals surface area contributed by atoms with Gasteiger partial charge in [0, 0.05) is 22.6 Å². The SMILES string of the molecule is Cc1ccccc1NC(=O)/C(C#N)=C\Nc1ccc(Br)cn1. The Morgan fingerprint density at radius 1 is 1.32 bits per heavy atom. The molecular weight excluding hydrogens is 344 g/mol. The monoisotopic (exact) mass is 356 g/mol. The molecule has 2 N–H and O–H groups in total. The molecule has 0 bridgehead atoms. The summed E-state index contributed by atoms with van der Waals surface area (Å²) in [7, 11) is 0. The van der Waals surface area contributed by atoms with Gasteiger partial charge in [0.1, 0.15) is 17.5 Å². The number of pyridine rings is 1. The maximum atomic E-state index is 12.1. The molecule has 0 aliphatic heterocycles. The molecule has 1 aromatic carbocycles. The van der Waals surface area contributed by atoms with Gasteiger partial charge in [-0.2, -0.15) is 5.26 Å². The molecule has 0 aliphatic carbocycles. The average Bonchev–Trinajstić information content (AvgIpc) is 2.52. The minimum atomic E-state index is -0.471. The van der Waals surface area contributed by atoms with Crippen molar-refractivity contribution in [3.8, 4) is 6.07 Å². The third-order valence-electron chi connectivity index (χ3n) is 2.85. The van der Waals surface area contributed by atoms with E-state index in [2.05, 4.69) is 31.5 Å². The Labute approximate surface area is 136 Å². The number of rotatable bonds is 4. The summed E-state index contributed by atoms with van der Waals surface area (Å²) in [4.78, 5) is 16.2. The van der Waals surface area contributed by atoms with Gasteiger partial charge >= 0.3 is 0 Å². The first-order valence-electron chi connectivity index (χ1n) is 6.45. The molecule has 0 unspecified atom stereocenters. The second-order valence-electron chi connectivity index (χ2n) is 4.44. The van der Waals surface area contributed by atoms with Crippen molar-refractivity contribution >= 4 is 33.3 Å². The van der Waals surface area contributed by atoms with Crippen molar-refractivity contribution in [2.75, 3.05) is 10.6 Å². The highest BCUT2D eigenvalue weighted by atomic mass is 79.9. The topological polar surface area (TPSA) is 77.8 Å². The maximum absolute atomic E-state index is 12.1. The van der Waals surface area contributed by atoms with Gasteiger partial charge in [-0.15, -0.1) is 0 Å². The second kappa shape index (κ2) is 7.38. The number of nitrogens with one attached hydrogen (secondary N) is 2. The number of aryl methyl sites for hydroxylation is 1. The van der Waals surface area contributed by atoms with Crippen LogP contribution in [0.4, 0.5) is 11.5 Å². The summed E-state index contributed by atoms with van der Waals surface area (Å²) in [5.74, 6) is 0.0704. The lowest BCUT2D eigenvalue weighted by molar-refractivity contribution is -0.112. The number of hydrogen-bond acceptors (Lipinski definition) is 4. The zero-order valence-corrected chi connectivity index (χ0v) is 13.4. The number of hydrogen-bond donors (Lipinski definition) is 2. The fraction of sp³-hybridized carbons (Fsp3) is 0.0625. The minimum absolute atomic E-state index is 0.0343. The van der Waals surface area contributed by atoms with Crippen LogP contribution in [0.2, 0.25) is 0 Å². The van der Waals surface area contributed by atoms with Gasteiger partial charge in [0.15, 0.2) is 0 Å². The molecular formula is C16H13BrN4O. The Hall–Kier alpha value is -2.65. The predicted octanol–water partition coefficient (Wildman–Crippen LogP) is 3.61. The number of aromatic nitrogens is 1. The molecule has 22 heavy (non-hydrogen) atoms. The zero-order chi connectivity index (χ0) is 15.9. The smallest absolute Gasteiger partial charge is 0.267 e. The normalized spacial score (nSPS) is 10.7. The third kappa shape index (κ3) is 4.17. The lowest BCUT2D eigenvalue weighted by Crippen LogP contribution is -2.15. The molecule has 0 spiro atoms. The van der Waals surface area contributed by atoms with Gasteiger partial charge in [0.05, 0.1) is 0 Å². The van der Waals surface area contributed by atoms with Crippen molar-refractivity contribution in [2.45, 2.75) is 6.92 Å². The number of halogens is 1. The van der Waals surface area contributed by atoms with Crippen LogP contribution in [0.3, 0.4) is 0 Å². The van der Waals surface area contributed by atoms with Gasteiger partial charge in [-0.25, -0.2) is 4.98 Å². The number of nitrogens with zero attached hydrogens (tertiary/aromatic N) is 2. The zero-order valence-electron chi connectivity index (χ0n) is 11.8. The minimum Gasteiger partial charge on any atom is -0.345 e. The van der Waals surface area contributed by atoms with E-state index in [1.54, 1.807) is 18.3 Å². The number of benzene rings is 1. The molecule has 0 aliphatic rings. The van der Waals surface area contributed by atoms with E-state index in [4.69, 9.17) is 5.26 Å². The number of para-hydroxylation sites is 1. The molecule has 1 aromatic heterocycles. The van der Waals surface area contributed by atoms with Gasteiger partial charge in [-0.3, -0.25) is 4.79 Å². The first kappa shape index (κ1) is 15.7. The first-order chi connectivity index (χ1) is 10.6. The molecule has 6 heteroatoms. The molecule has 5 nitrogen and oxygen atoms in total. The second-order valence-corrected chi connectivity index (χ2v) is 5.36. The highest BCUT2D eigenvalue weighted by Crippen LogP contribution is 2.14. The van der Waals surface area contributed by atoms with Crippen LogP contribution >= 0.6 is 15.9 Å². The number of amides is 1. The van der Waals surface area contributed by atoms with Crippen LogP contribution < -0.4 is 10.6 Å². The summed E-state index contributed by atoms with van der Waals surface area (Å²) in [6, 6.07) is 12.8. The Kier molecular flexibility index (Phi) is 5.28. The van der Waals surface area contributed by atoms with Gasteiger partial charge < -0.3 is 10.6 Å². The maximum Gasteiger partial charge on any atom is 0.267 e. The van der Waals surface area contributed by atoms with Crippen molar-refractivity contribution in [1.29, 1.82) is 5.26 Å². The first-order valence-corrected chi connectivity index (χ1v) is 7.25. The summed E-state index contributed by atoms with van der Waals surface area (Å²) >= 11 is 3.28. The lowest BCUT2D eigenvalue weighted by atomic mass is 10.2. The van der Waals surface area contributed by atoms with Crippen LogP contribution in [0.15, 0.2) is 58.8 Å². The van der Waals surface area contributed by atoms with Crippen molar-refractivity contribution in [3.63, 3.8) is 0 Å². The fourth-order valence-corrected chi connectivity index (χ4v) is 1.89. The number of anilines is 2. The molecule has 0 radical (unpaired) electrons. The average molecular weight is 357 g/mol. The van der Waals surface area contributed by atoms with Crippen LogP contribution in [-0.2, 0) is 4.79 Å². The summed E-state index contributed by atoms with van der Waals surface area (Å²) in [6.45, 7) is 1.88. The molecule has 2 rings (SSSR count). The van der Waals surface area contributed by atoms with E-state index in [0.717, 1.165) is 10.0 Å².